The van der Waals surface area contributed by atoms with Crippen molar-refractivity contribution in [2.75, 3.05) is 25.2 Å². The van der Waals surface area contributed by atoms with E-state index in [1.54, 1.807) is 6.07 Å². The highest BCUT2D eigenvalue weighted by atomic mass is 16.5. The van der Waals surface area contributed by atoms with E-state index in [4.69, 9.17) is 14.3 Å². The van der Waals surface area contributed by atoms with Crippen molar-refractivity contribution in [2.45, 2.75) is 18.9 Å². The fraction of sp³-hybridized carbons (Fsp3) is 0.545. The summed E-state index contributed by atoms with van der Waals surface area (Å²) < 4.78 is 10.5. The molecule has 2 heterocycles. The van der Waals surface area contributed by atoms with Crippen molar-refractivity contribution in [1.82, 2.24) is 0 Å². The van der Waals surface area contributed by atoms with Crippen LogP contribution in [-0.2, 0) is 4.74 Å². The zero-order valence-corrected chi connectivity index (χ0v) is 9.18. The highest BCUT2D eigenvalue weighted by molar-refractivity contribution is 5.84. The Labute approximate surface area is 93.6 Å². The number of hydrogen-bond donors (Lipinski definition) is 1. The normalized spacial score (nSPS) is 17.3. The lowest BCUT2D eigenvalue weighted by Gasteiger charge is -2.30. The van der Waals surface area contributed by atoms with Gasteiger partial charge in [-0.3, -0.25) is 0 Å². The number of carbonyl (C=O) groups is 1. The minimum Gasteiger partial charge on any atom is -0.475 e. The van der Waals surface area contributed by atoms with Gasteiger partial charge in [-0.1, -0.05) is 0 Å². The van der Waals surface area contributed by atoms with Gasteiger partial charge in [0.05, 0.1) is 0 Å². The van der Waals surface area contributed by atoms with Gasteiger partial charge in [-0.05, 0) is 18.9 Å². The molecule has 5 nitrogen and oxygen atoms in total. The van der Waals surface area contributed by atoms with Crippen LogP contribution in [0.3, 0.4) is 0 Å². The molecule has 0 atom stereocenters. The second-order valence-corrected chi connectivity index (χ2v) is 3.90. The van der Waals surface area contributed by atoms with E-state index in [0.29, 0.717) is 11.9 Å². The maximum Gasteiger partial charge on any atom is 0.371 e. The zero-order valence-electron chi connectivity index (χ0n) is 9.18. The highest BCUT2D eigenvalue weighted by Crippen LogP contribution is 2.23. The van der Waals surface area contributed by atoms with Crippen LogP contribution in [0, 0.1) is 0 Å². The lowest BCUT2D eigenvalue weighted by Crippen LogP contribution is -2.36. The standard InChI is InChI=1S/C11H15NO4/c1-12(8-4-6-15-7-5-8)10-3-2-9(16-10)11(13)14/h2-3,8H,4-7H2,1H3,(H,13,14). The lowest BCUT2D eigenvalue weighted by atomic mass is 10.1. The number of ether oxygens (including phenoxy) is 1. The number of anilines is 1. The van der Waals surface area contributed by atoms with Gasteiger partial charge in [0.2, 0.25) is 5.76 Å². The molecule has 1 aliphatic heterocycles. The summed E-state index contributed by atoms with van der Waals surface area (Å²) in [6.45, 7) is 1.50. The number of nitrogens with zero attached hydrogens (tertiary/aromatic N) is 1. The average molecular weight is 225 g/mol. The molecule has 0 radical (unpaired) electrons. The van der Waals surface area contributed by atoms with Crippen molar-refractivity contribution in [2.24, 2.45) is 0 Å². The molecule has 0 unspecified atom stereocenters. The van der Waals surface area contributed by atoms with Gasteiger partial charge in [0, 0.05) is 32.4 Å². The summed E-state index contributed by atoms with van der Waals surface area (Å²) in [5.41, 5.74) is 0. The smallest absolute Gasteiger partial charge is 0.371 e. The quantitative estimate of drug-likeness (QED) is 0.846. The molecule has 1 aromatic heterocycles. The van der Waals surface area contributed by atoms with Crippen LogP contribution < -0.4 is 4.90 Å². The van der Waals surface area contributed by atoms with Crippen LogP contribution in [0.15, 0.2) is 16.5 Å². The Morgan fingerprint density at radius 3 is 2.69 bits per heavy atom. The summed E-state index contributed by atoms with van der Waals surface area (Å²) in [5, 5.41) is 8.76. The van der Waals surface area contributed by atoms with Crippen molar-refractivity contribution >= 4 is 11.9 Å². The molecule has 5 heteroatoms. The lowest BCUT2D eigenvalue weighted by molar-refractivity contribution is 0.0661. The third-order valence-electron chi connectivity index (χ3n) is 2.89. The molecule has 1 saturated heterocycles. The van der Waals surface area contributed by atoms with E-state index in [1.807, 2.05) is 11.9 Å². The molecule has 1 aliphatic rings. The Bertz CT molecular complexity index is 368. The highest BCUT2D eigenvalue weighted by Gasteiger charge is 2.21. The number of aromatic carboxylic acids is 1. The molecular formula is C11H15NO4. The predicted molar refractivity (Wildman–Crippen MR) is 57.9 cm³/mol. The molecule has 16 heavy (non-hydrogen) atoms. The predicted octanol–water partition coefficient (Wildman–Crippen LogP) is 1.59. The first-order valence-corrected chi connectivity index (χ1v) is 5.32. The van der Waals surface area contributed by atoms with E-state index in [-0.39, 0.29) is 5.76 Å². The van der Waals surface area contributed by atoms with Crippen molar-refractivity contribution in [3.05, 3.63) is 17.9 Å². The molecule has 0 bridgehead atoms. The molecule has 2 rings (SSSR count). The summed E-state index contributed by atoms with van der Waals surface area (Å²) in [4.78, 5) is 12.7. The van der Waals surface area contributed by atoms with Crippen LogP contribution in [0.4, 0.5) is 5.88 Å². The zero-order chi connectivity index (χ0) is 11.5. The fourth-order valence-corrected chi connectivity index (χ4v) is 1.88. The Hall–Kier alpha value is -1.49. The third kappa shape index (κ3) is 2.19. The van der Waals surface area contributed by atoms with E-state index < -0.39 is 5.97 Å². The fourth-order valence-electron chi connectivity index (χ4n) is 1.88. The van der Waals surface area contributed by atoms with Crippen LogP contribution in [0.2, 0.25) is 0 Å². The van der Waals surface area contributed by atoms with E-state index >= 15 is 0 Å². The van der Waals surface area contributed by atoms with Crippen molar-refractivity contribution in [3.8, 4) is 0 Å². The molecule has 88 valence electrons. The molecule has 0 spiro atoms. The molecule has 0 aliphatic carbocycles. The maximum absolute atomic E-state index is 10.7. The molecule has 0 amide bonds. The Morgan fingerprint density at radius 2 is 2.12 bits per heavy atom. The van der Waals surface area contributed by atoms with E-state index in [2.05, 4.69) is 0 Å². The molecule has 0 saturated carbocycles. The van der Waals surface area contributed by atoms with Crippen LogP contribution in [-0.4, -0.2) is 37.4 Å². The van der Waals surface area contributed by atoms with Crippen LogP contribution in [0.5, 0.6) is 0 Å². The molecule has 1 N–H and O–H groups in total. The first-order valence-electron chi connectivity index (χ1n) is 5.32. The topological polar surface area (TPSA) is 62.9 Å². The van der Waals surface area contributed by atoms with Gasteiger partial charge in [0.15, 0.2) is 5.88 Å². The van der Waals surface area contributed by atoms with E-state index in [9.17, 15) is 4.79 Å². The van der Waals surface area contributed by atoms with Gasteiger partial charge in [-0.2, -0.15) is 0 Å². The summed E-state index contributed by atoms with van der Waals surface area (Å²) >= 11 is 0. The molecular weight excluding hydrogens is 210 g/mol. The number of carboxylic acids is 1. The molecule has 1 aromatic rings. The Kier molecular flexibility index (Phi) is 3.14. The van der Waals surface area contributed by atoms with Crippen LogP contribution >= 0.6 is 0 Å². The molecule has 0 aromatic carbocycles. The van der Waals surface area contributed by atoms with Gasteiger partial charge in [-0.15, -0.1) is 0 Å². The summed E-state index contributed by atoms with van der Waals surface area (Å²) in [5.74, 6) is -0.454. The SMILES string of the molecule is CN(c1ccc(C(=O)O)o1)C1CCOCC1. The van der Waals surface area contributed by atoms with Gasteiger partial charge in [-0.25, -0.2) is 4.79 Å². The molecule has 1 fully saturated rings. The van der Waals surface area contributed by atoms with E-state index in [1.165, 1.54) is 6.07 Å². The van der Waals surface area contributed by atoms with Gasteiger partial charge >= 0.3 is 5.97 Å². The van der Waals surface area contributed by atoms with Gasteiger partial charge in [0.25, 0.3) is 0 Å². The number of hydrogen-bond acceptors (Lipinski definition) is 4. The average Bonchev–Trinajstić information content (AvgIpc) is 2.78. The first-order chi connectivity index (χ1) is 7.68. The third-order valence-corrected chi connectivity index (χ3v) is 2.89. The minimum atomic E-state index is -1.04. The van der Waals surface area contributed by atoms with Crippen molar-refractivity contribution < 1.29 is 19.1 Å². The van der Waals surface area contributed by atoms with Crippen molar-refractivity contribution in [1.29, 1.82) is 0 Å². The number of rotatable bonds is 3. The minimum absolute atomic E-state index is 0.0195. The maximum atomic E-state index is 10.7. The summed E-state index contributed by atoms with van der Waals surface area (Å²) in [6.07, 6.45) is 1.89. The van der Waals surface area contributed by atoms with Crippen LogP contribution in [0.25, 0.3) is 0 Å². The second kappa shape index (κ2) is 4.57. The first kappa shape index (κ1) is 11.0. The summed E-state index contributed by atoms with van der Waals surface area (Å²) in [6, 6.07) is 3.54. The Balaban J connectivity index is 2.07. The largest absolute Gasteiger partial charge is 0.475 e. The van der Waals surface area contributed by atoms with Crippen LogP contribution in [0.1, 0.15) is 23.4 Å². The van der Waals surface area contributed by atoms with E-state index in [0.717, 1.165) is 26.1 Å². The summed E-state index contributed by atoms with van der Waals surface area (Å²) in [7, 11) is 1.92. The monoisotopic (exact) mass is 225 g/mol. The van der Waals surface area contributed by atoms with Gasteiger partial charge in [0.1, 0.15) is 0 Å². The number of furan rings is 1. The number of carboxylic acid groups (broad SMARTS) is 1. The van der Waals surface area contributed by atoms with Gasteiger partial charge < -0.3 is 19.2 Å². The second-order valence-electron chi connectivity index (χ2n) is 3.90. The van der Waals surface area contributed by atoms with Crippen molar-refractivity contribution in [3.63, 3.8) is 0 Å². The Morgan fingerprint density at radius 1 is 1.44 bits per heavy atom.